The first-order valence-electron chi connectivity index (χ1n) is 12.6. The molecule has 8 heteroatoms. The fourth-order valence-corrected chi connectivity index (χ4v) is 5.39. The van der Waals surface area contributed by atoms with E-state index in [1.54, 1.807) is 7.11 Å². The van der Waals surface area contributed by atoms with Crippen LogP contribution in [0.4, 0.5) is 10.5 Å². The Balaban J connectivity index is 1.36. The third-order valence-corrected chi connectivity index (χ3v) is 7.26. The minimum atomic E-state index is -0.514. The van der Waals surface area contributed by atoms with Crippen molar-refractivity contribution in [3.05, 3.63) is 54.1 Å². The van der Waals surface area contributed by atoms with Crippen molar-refractivity contribution < 1.29 is 19.1 Å². The smallest absolute Gasteiger partial charge is 0.315 e. The van der Waals surface area contributed by atoms with E-state index in [0.717, 1.165) is 36.4 Å². The number of amides is 3. The summed E-state index contributed by atoms with van der Waals surface area (Å²) >= 11 is 0. The Kier molecular flexibility index (Phi) is 6.97. The molecule has 2 heterocycles. The molecule has 0 radical (unpaired) electrons. The van der Waals surface area contributed by atoms with E-state index in [9.17, 15) is 9.59 Å². The van der Waals surface area contributed by atoms with Gasteiger partial charge in [-0.15, -0.1) is 0 Å². The summed E-state index contributed by atoms with van der Waals surface area (Å²) in [5.41, 5.74) is 2.26. The Labute approximate surface area is 206 Å². The molecule has 2 aromatic rings. The summed E-state index contributed by atoms with van der Waals surface area (Å²) in [6, 6.07) is 15.6. The number of piperazine rings is 1. The van der Waals surface area contributed by atoms with Crippen LogP contribution in [0.2, 0.25) is 0 Å². The highest BCUT2D eigenvalue weighted by molar-refractivity contribution is 5.90. The molecular formula is C27H34N4O4. The SMILES string of the molecule is COc1ccc(N2CCN(C(=O)C3CNC(=O)N3)[C@@H](Cc3ccccc3)C2)cc1OC1CCCC1. The van der Waals surface area contributed by atoms with Crippen LogP contribution in [0.25, 0.3) is 0 Å². The van der Waals surface area contributed by atoms with Crippen LogP contribution in [0.1, 0.15) is 31.2 Å². The fourth-order valence-electron chi connectivity index (χ4n) is 5.39. The van der Waals surface area contributed by atoms with Crippen molar-refractivity contribution in [1.29, 1.82) is 0 Å². The van der Waals surface area contributed by atoms with Gasteiger partial charge in [-0.1, -0.05) is 30.3 Å². The lowest BCUT2D eigenvalue weighted by Gasteiger charge is -2.43. The van der Waals surface area contributed by atoms with Crippen molar-refractivity contribution in [3.8, 4) is 11.5 Å². The van der Waals surface area contributed by atoms with Gasteiger partial charge in [0, 0.05) is 37.9 Å². The average molecular weight is 479 g/mol. The molecule has 0 spiro atoms. The summed E-state index contributed by atoms with van der Waals surface area (Å²) in [5, 5.41) is 5.45. The van der Waals surface area contributed by atoms with Gasteiger partial charge in [0.1, 0.15) is 6.04 Å². The predicted molar refractivity (Wildman–Crippen MR) is 134 cm³/mol. The normalized spacial score (nSPS) is 22.6. The molecular weight excluding hydrogens is 444 g/mol. The van der Waals surface area contributed by atoms with Crippen LogP contribution >= 0.6 is 0 Å². The Morgan fingerprint density at radius 1 is 1.06 bits per heavy atom. The molecule has 2 N–H and O–H groups in total. The van der Waals surface area contributed by atoms with Crippen LogP contribution in [0, 0.1) is 0 Å². The van der Waals surface area contributed by atoms with Crippen molar-refractivity contribution in [2.45, 2.75) is 50.3 Å². The molecule has 1 aliphatic carbocycles. The highest BCUT2D eigenvalue weighted by Gasteiger charge is 2.37. The number of urea groups is 1. The Morgan fingerprint density at radius 2 is 1.86 bits per heavy atom. The molecule has 3 amide bonds. The Morgan fingerprint density at radius 3 is 2.57 bits per heavy atom. The van der Waals surface area contributed by atoms with Crippen molar-refractivity contribution in [2.75, 3.05) is 38.2 Å². The summed E-state index contributed by atoms with van der Waals surface area (Å²) in [4.78, 5) is 29.2. The van der Waals surface area contributed by atoms with Crippen LogP contribution in [0.15, 0.2) is 48.5 Å². The number of methoxy groups -OCH3 is 1. The van der Waals surface area contributed by atoms with E-state index in [1.165, 1.54) is 18.4 Å². The number of carbonyl (C=O) groups excluding carboxylic acids is 2. The van der Waals surface area contributed by atoms with Crippen LogP contribution in [-0.4, -0.2) is 68.3 Å². The van der Waals surface area contributed by atoms with Crippen LogP contribution < -0.4 is 25.0 Å². The van der Waals surface area contributed by atoms with E-state index >= 15 is 0 Å². The molecule has 2 saturated heterocycles. The van der Waals surface area contributed by atoms with Crippen molar-refractivity contribution in [3.63, 3.8) is 0 Å². The molecule has 186 valence electrons. The molecule has 35 heavy (non-hydrogen) atoms. The second-order valence-electron chi connectivity index (χ2n) is 9.59. The van der Waals surface area contributed by atoms with Gasteiger partial charge in [0.15, 0.2) is 11.5 Å². The maximum atomic E-state index is 13.3. The third kappa shape index (κ3) is 5.31. The number of anilines is 1. The van der Waals surface area contributed by atoms with E-state index < -0.39 is 6.04 Å². The zero-order valence-corrected chi connectivity index (χ0v) is 20.2. The van der Waals surface area contributed by atoms with E-state index in [0.29, 0.717) is 26.2 Å². The van der Waals surface area contributed by atoms with Gasteiger partial charge < -0.3 is 29.9 Å². The number of rotatable bonds is 7. The summed E-state index contributed by atoms with van der Waals surface area (Å²) in [5.74, 6) is 1.51. The fraction of sp³-hybridized carbons (Fsp3) is 0.481. The monoisotopic (exact) mass is 478 g/mol. The van der Waals surface area contributed by atoms with Gasteiger partial charge in [-0.05, 0) is 49.8 Å². The summed E-state index contributed by atoms with van der Waals surface area (Å²) < 4.78 is 11.9. The molecule has 8 nitrogen and oxygen atoms in total. The average Bonchev–Trinajstić information content (AvgIpc) is 3.56. The number of hydrogen-bond donors (Lipinski definition) is 2. The van der Waals surface area contributed by atoms with Gasteiger partial charge in [-0.2, -0.15) is 0 Å². The van der Waals surface area contributed by atoms with E-state index in [2.05, 4.69) is 39.8 Å². The largest absolute Gasteiger partial charge is 0.493 e. The van der Waals surface area contributed by atoms with Gasteiger partial charge in [-0.25, -0.2) is 4.79 Å². The molecule has 2 atom stereocenters. The Hall–Kier alpha value is -3.42. The highest BCUT2D eigenvalue weighted by Crippen LogP contribution is 2.36. The Bertz CT molecular complexity index is 1040. The molecule has 0 aromatic heterocycles. The summed E-state index contributed by atoms with van der Waals surface area (Å²) in [7, 11) is 1.67. The van der Waals surface area contributed by atoms with Gasteiger partial charge >= 0.3 is 6.03 Å². The summed E-state index contributed by atoms with van der Waals surface area (Å²) in [6.45, 7) is 2.33. The van der Waals surface area contributed by atoms with Crippen molar-refractivity contribution in [2.24, 2.45) is 0 Å². The van der Waals surface area contributed by atoms with E-state index in [-0.39, 0.29) is 24.1 Å². The molecule has 5 rings (SSSR count). The number of hydrogen-bond acceptors (Lipinski definition) is 5. The standard InChI is InChI=1S/C27H34N4O4/c1-34-24-12-11-20(16-25(24)35-22-9-5-6-10-22)30-13-14-31(26(32)23-17-28-27(33)29-23)21(18-30)15-19-7-3-2-4-8-19/h2-4,7-8,11-12,16,21-23H,5-6,9-10,13-15,17-18H2,1H3,(H2,28,29,33)/t21-,23?/m0/s1. The zero-order valence-electron chi connectivity index (χ0n) is 20.2. The zero-order chi connectivity index (χ0) is 24.2. The maximum absolute atomic E-state index is 13.3. The second-order valence-corrected chi connectivity index (χ2v) is 9.59. The molecule has 1 unspecified atom stereocenters. The molecule has 2 aliphatic heterocycles. The molecule has 2 aromatic carbocycles. The van der Waals surface area contributed by atoms with E-state index in [4.69, 9.17) is 9.47 Å². The van der Waals surface area contributed by atoms with Gasteiger partial charge in [0.2, 0.25) is 5.91 Å². The second kappa shape index (κ2) is 10.5. The highest BCUT2D eigenvalue weighted by atomic mass is 16.5. The van der Waals surface area contributed by atoms with Crippen LogP contribution in [0.3, 0.4) is 0 Å². The first-order valence-corrected chi connectivity index (χ1v) is 12.6. The number of carbonyl (C=O) groups is 2. The quantitative estimate of drug-likeness (QED) is 0.639. The molecule has 3 aliphatic rings. The van der Waals surface area contributed by atoms with Gasteiger partial charge in [0.25, 0.3) is 0 Å². The number of nitrogens with zero attached hydrogens (tertiary/aromatic N) is 2. The number of ether oxygens (including phenoxy) is 2. The first kappa shape index (κ1) is 23.3. The molecule has 1 saturated carbocycles. The lowest BCUT2D eigenvalue weighted by molar-refractivity contribution is -0.135. The van der Waals surface area contributed by atoms with Crippen molar-refractivity contribution >= 4 is 17.6 Å². The molecule has 3 fully saturated rings. The number of benzene rings is 2. The maximum Gasteiger partial charge on any atom is 0.315 e. The van der Waals surface area contributed by atoms with Gasteiger partial charge in [0.05, 0.1) is 19.3 Å². The summed E-state index contributed by atoms with van der Waals surface area (Å²) in [6.07, 6.45) is 5.58. The minimum absolute atomic E-state index is 0.0162. The minimum Gasteiger partial charge on any atom is -0.493 e. The molecule has 0 bridgehead atoms. The number of nitrogens with one attached hydrogen (secondary N) is 2. The van der Waals surface area contributed by atoms with Crippen LogP contribution in [0.5, 0.6) is 11.5 Å². The first-order chi connectivity index (χ1) is 17.1. The predicted octanol–water partition coefficient (Wildman–Crippen LogP) is 2.96. The lowest BCUT2D eigenvalue weighted by Crippen LogP contribution is -2.59. The van der Waals surface area contributed by atoms with E-state index in [1.807, 2.05) is 29.2 Å². The topological polar surface area (TPSA) is 83.1 Å². The third-order valence-electron chi connectivity index (χ3n) is 7.26. The lowest BCUT2D eigenvalue weighted by atomic mass is 10.0. The van der Waals surface area contributed by atoms with Crippen molar-refractivity contribution in [1.82, 2.24) is 15.5 Å². The van der Waals surface area contributed by atoms with Gasteiger partial charge in [-0.3, -0.25) is 4.79 Å². The van der Waals surface area contributed by atoms with Crippen LogP contribution in [-0.2, 0) is 11.2 Å².